The Bertz CT molecular complexity index is 1020. The topological polar surface area (TPSA) is 135 Å². The summed E-state index contributed by atoms with van der Waals surface area (Å²) in [5, 5.41) is 15.5. The zero-order valence-electron chi connectivity index (χ0n) is 21.0. The number of hydrazone groups is 1. The van der Waals surface area contributed by atoms with Crippen molar-refractivity contribution in [1.82, 2.24) is 9.91 Å². The number of hydrogen-bond donors (Lipinski definition) is 2. The van der Waals surface area contributed by atoms with E-state index in [1.54, 1.807) is 24.1 Å². The van der Waals surface area contributed by atoms with Gasteiger partial charge >= 0.3 is 5.97 Å². The van der Waals surface area contributed by atoms with Crippen LogP contribution in [-0.4, -0.2) is 77.9 Å². The molecule has 10 nitrogen and oxygen atoms in total. The summed E-state index contributed by atoms with van der Waals surface area (Å²) in [5.74, 6) is 0.125. The van der Waals surface area contributed by atoms with Gasteiger partial charge in [0.05, 0.1) is 32.0 Å². The molecule has 1 aliphatic carbocycles. The summed E-state index contributed by atoms with van der Waals surface area (Å²) >= 11 is 0. The molecule has 0 aromatic heterocycles. The number of ether oxygens (including phenoxy) is 2. The van der Waals surface area contributed by atoms with Gasteiger partial charge in [-0.2, -0.15) is 5.10 Å². The molecule has 2 aliphatic heterocycles. The first-order valence-corrected chi connectivity index (χ1v) is 12.7. The zero-order chi connectivity index (χ0) is 25.8. The second-order valence-corrected chi connectivity index (χ2v) is 9.83. The van der Waals surface area contributed by atoms with Crippen LogP contribution in [0.5, 0.6) is 11.5 Å². The fourth-order valence-corrected chi connectivity index (χ4v) is 5.66. The van der Waals surface area contributed by atoms with Gasteiger partial charge in [0.2, 0.25) is 11.8 Å². The molecular weight excluding hydrogens is 464 g/mol. The van der Waals surface area contributed by atoms with Crippen molar-refractivity contribution in [3.63, 3.8) is 0 Å². The molecule has 196 valence electrons. The van der Waals surface area contributed by atoms with E-state index in [1.807, 2.05) is 18.2 Å². The Balaban J connectivity index is 1.53. The molecule has 3 atom stereocenters. The molecular formula is C26H36N4O6. The number of piperidine rings is 1. The summed E-state index contributed by atoms with van der Waals surface area (Å²) in [7, 11) is 3.20. The molecule has 1 saturated heterocycles. The highest BCUT2D eigenvalue weighted by Crippen LogP contribution is 2.40. The van der Waals surface area contributed by atoms with E-state index in [-0.39, 0.29) is 42.5 Å². The van der Waals surface area contributed by atoms with E-state index in [1.165, 1.54) is 0 Å². The van der Waals surface area contributed by atoms with Crippen LogP contribution in [0.15, 0.2) is 23.3 Å². The summed E-state index contributed by atoms with van der Waals surface area (Å²) in [6.07, 6.45) is 5.06. The van der Waals surface area contributed by atoms with Crippen molar-refractivity contribution in [1.29, 1.82) is 0 Å². The van der Waals surface area contributed by atoms with E-state index in [0.29, 0.717) is 37.4 Å². The van der Waals surface area contributed by atoms with Gasteiger partial charge in [-0.3, -0.25) is 14.4 Å². The summed E-state index contributed by atoms with van der Waals surface area (Å²) in [6, 6.07) is 4.84. The Morgan fingerprint density at radius 3 is 2.39 bits per heavy atom. The molecule has 10 heteroatoms. The molecule has 3 aliphatic rings. The lowest BCUT2D eigenvalue weighted by molar-refractivity contribution is -0.143. The van der Waals surface area contributed by atoms with Crippen molar-refractivity contribution in [3.05, 3.63) is 23.8 Å². The van der Waals surface area contributed by atoms with Crippen molar-refractivity contribution in [2.24, 2.45) is 22.7 Å². The highest BCUT2D eigenvalue weighted by molar-refractivity contribution is 6.07. The number of hydrogen-bond acceptors (Lipinski definition) is 7. The van der Waals surface area contributed by atoms with Crippen LogP contribution in [0.1, 0.15) is 56.9 Å². The zero-order valence-corrected chi connectivity index (χ0v) is 21.0. The normalized spacial score (nSPS) is 23.5. The molecule has 2 amide bonds. The van der Waals surface area contributed by atoms with Gasteiger partial charge in [0, 0.05) is 36.9 Å². The number of carboxylic acids is 1. The van der Waals surface area contributed by atoms with E-state index in [2.05, 4.69) is 0 Å². The number of aliphatic carboxylic acids is 1. The number of nitrogens with two attached hydrogens (primary N) is 1. The Morgan fingerprint density at radius 2 is 1.75 bits per heavy atom. The molecule has 0 bridgehead atoms. The predicted molar refractivity (Wildman–Crippen MR) is 133 cm³/mol. The van der Waals surface area contributed by atoms with Gasteiger partial charge in [-0.05, 0) is 50.3 Å². The Kier molecular flexibility index (Phi) is 8.13. The van der Waals surface area contributed by atoms with Crippen LogP contribution in [0.4, 0.5) is 0 Å². The van der Waals surface area contributed by atoms with Gasteiger partial charge in [-0.25, -0.2) is 5.01 Å². The first-order valence-electron chi connectivity index (χ1n) is 12.7. The monoisotopic (exact) mass is 500 g/mol. The third-order valence-electron chi connectivity index (χ3n) is 7.66. The maximum Gasteiger partial charge on any atom is 0.303 e. The van der Waals surface area contributed by atoms with Gasteiger partial charge in [-0.15, -0.1) is 0 Å². The number of benzene rings is 1. The molecule has 0 unspecified atom stereocenters. The number of rotatable bonds is 8. The van der Waals surface area contributed by atoms with Crippen LogP contribution in [0.2, 0.25) is 0 Å². The van der Waals surface area contributed by atoms with Crippen LogP contribution < -0.4 is 15.2 Å². The minimum Gasteiger partial charge on any atom is -0.493 e. The number of likely N-dealkylation sites (tertiary alicyclic amines) is 1. The third kappa shape index (κ3) is 5.33. The summed E-state index contributed by atoms with van der Waals surface area (Å²) in [6.45, 7) is 0.923. The van der Waals surface area contributed by atoms with Gasteiger partial charge in [0.25, 0.3) is 0 Å². The second-order valence-electron chi connectivity index (χ2n) is 9.83. The van der Waals surface area contributed by atoms with E-state index >= 15 is 0 Å². The van der Waals surface area contributed by atoms with Crippen LogP contribution in [0.3, 0.4) is 0 Å². The number of methoxy groups -OCH3 is 2. The lowest BCUT2D eigenvalue weighted by Crippen LogP contribution is -2.54. The number of fused-ring (bicyclic) bond motifs is 1. The standard InChI is InChI=1S/C26H36N4O6/c1-35-21-9-7-16(15-22(21)36-2)24-18-5-3-4-6-19(18)25(33)30(28-24)17-11-13-29(14-12-17)26(34)20(27)8-10-23(31)32/h7,9,15,17-20H,3-6,8,10-14,27H2,1-2H3,(H,31,32)/t18-,19+,20-/m0/s1. The summed E-state index contributed by atoms with van der Waals surface area (Å²) < 4.78 is 10.9. The highest BCUT2D eigenvalue weighted by atomic mass is 16.5. The van der Waals surface area contributed by atoms with Crippen molar-refractivity contribution in [2.75, 3.05) is 27.3 Å². The van der Waals surface area contributed by atoms with E-state index < -0.39 is 12.0 Å². The first-order chi connectivity index (χ1) is 17.3. The van der Waals surface area contributed by atoms with Gasteiger partial charge in [0.1, 0.15) is 0 Å². The van der Waals surface area contributed by atoms with Crippen LogP contribution in [0.25, 0.3) is 0 Å². The van der Waals surface area contributed by atoms with E-state index in [4.69, 9.17) is 25.4 Å². The largest absolute Gasteiger partial charge is 0.493 e. The average Bonchev–Trinajstić information content (AvgIpc) is 2.91. The molecule has 0 radical (unpaired) electrons. The van der Waals surface area contributed by atoms with Gasteiger partial charge in [0.15, 0.2) is 11.5 Å². The number of carbonyl (C=O) groups is 3. The molecule has 2 fully saturated rings. The Morgan fingerprint density at radius 1 is 1.08 bits per heavy atom. The van der Waals surface area contributed by atoms with Crippen molar-refractivity contribution in [2.45, 2.75) is 63.5 Å². The molecule has 36 heavy (non-hydrogen) atoms. The summed E-state index contributed by atoms with van der Waals surface area (Å²) in [5.41, 5.74) is 7.78. The third-order valence-corrected chi connectivity index (χ3v) is 7.66. The second kappa shape index (κ2) is 11.3. The molecule has 4 rings (SSSR count). The molecule has 1 aromatic rings. The average molecular weight is 501 g/mol. The van der Waals surface area contributed by atoms with Crippen molar-refractivity contribution >= 4 is 23.5 Å². The lowest BCUT2D eigenvalue weighted by atomic mass is 9.73. The fourth-order valence-electron chi connectivity index (χ4n) is 5.66. The quantitative estimate of drug-likeness (QED) is 0.559. The summed E-state index contributed by atoms with van der Waals surface area (Å²) in [4.78, 5) is 38.7. The number of carbonyl (C=O) groups excluding carboxylic acids is 2. The van der Waals surface area contributed by atoms with Crippen molar-refractivity contribution in [3.8, 4) is 11.5 Å². The van der Waals surface area contributed by atoms with E-state index in [0.717, 1.165) is 37.0 Å². The molecule has 2 heterocycles. The Labute approximate surface area is 211 Å². The van der Waals surface area contributed by atoms with Gasteiger partial charge < -0.3 is 25.2 Å². The first kappa shape index (κ1) is 25.9. The number of carboxylic acid groups (broad SMARTS) is 1. The number of nitrogens with zero attached hydrogens (tertiary/aromatic N) is 3. The minimum absolute atomic E-state index is 0.0758. The Hall–Kier alpha value is -3.14. The highest BCUT2D eigenvalue weighted by Gasteiger charge is 2.44. The smallest absolute Gasteiger partial charge is 0.303 e. The van der Waals surface area contributed by atoms with Crippen molar-refractivity contribution < 1.29 is 29.0 Å². The van der Waals surface area contributed by atoms with Crippen LogP contribution >= 0.6 is 0 Å². The predicted octanol–water partition coefficient (Wildman–Crippen LogP) is 2.24. The van der Waals surface area contributed by atoms with Crippen LogP contribution in [0, 0.1) is 11.8 Å². The van der Waals surface area contributed by atoms with Crippen LogP contribution in [-0.2, 0) is 14.4 Å². The molecule has 0 spiro atoms. The lowest BCUT2D eigenvalue weighted by Gasteiger charge is -2.43. The van der Waals surface area contributed by atoms with E-state index in [9.17, 15) is 14.4 Å². The SMILES string of the molecule is COc1ccc(C2=NN(C3CCN(C(=O)[C@@H](N)CCC(=O)O)CC3)C(=O)[C@@H]3CCCC[C@H]23)cc1OC. The number of amides is 2. The molecule has 1 aromatic carbocycles. The van der Waals surface area contributed by atoms with Gasteiger partial charge in [-0.1, -0.05) is 12.8 Å². The fraction of sp³-hybridized carbons (Fsp3) is 0.615. The maximum atomic E-state index is 13.6. The maximum absolute atomic E-state index is 13.6. The minimum atomic E-state index is -0.968. The molecule has 1 saturated carbocycles. The molecule has 3 N–H and O–H groups in total.